The van der Waals surface area contributed by atoms with Gasteiger partial charge < -0.3 is 9.30 Å². The third-order valence-electron chi connectivity index (χ3n) is 5.50. The van der Waals surface area contributed by atoms with E-state index >= 15 is 0 Å². The molecule has 4 heterocycles. The molecule has 3 aromatic heterocycles. The summed E-state index contributed by atoms with van der Waals surface area (Å²) in [5.41, 5.74) is 4.23. The second kappa shape index (κ2) is 7.22. The lowest BCUT2D eigenvalue weighted by Gasteiger charge is -2.30. The van der Waals surface area contributed by atoms with Gasteiger partial charge in [-0.05, 0) is 38.0 Å². The van der Waals surface area contributed by atoms with Gasteiger partial charge in [0.1, 0.15) is 11.3 Å². The van der Waals surface area contributed by atoms with Crippen molar-refractivity contribution in [2.75, 3.05) is 6.61 Å². The Morgan fingerprint density at radius 3 is 2.93 bits per heavy atom. The van der Waals surface area contributed by atoms with Crippen LogP contribution in [0.5, 0.6) is 0 Å². The fourth-order valence-electron chi connectivity index (χ4n) is 4.20. The molecule has 1 aliphatic heterocycles. The predicted octanol–water partition coefficient (Wildman–Crippen LogP) is 3.58. The Bertz CT molecular complexity index is 1230. The molecule has 1 fully saturated rings. The summed E-state index contributed by atoms with van der Waals surface area (Å²) in [4.78, 5) is 18.1. The van der Waals surface area contributed by atoms with Crippen LogP contribution in [0.3, 0.4) is 0 Å². The van der Waals surface area contributed by atoms with Gasteiger partial charge in [0.25, 0.3) is 0 Å². The zero-order chi connectivity index (χ0) is 19.8. The molecule has 0 amide bonds. The molecule has 0 bridgehead atoms. The summed E-state index contributed by atoms with van der Waals surface area (Å²) in [6.07, 6.45) is 9.60. The van der Waals surface area contributed by atoms with Crippen LogP contribution in [0.4, 0.5) is 0 Å². The van der Waals surface area contributed by atoms with Crippen molar-refractivity contribution < 1.29 is 4.74 Å². The molecule has 7 heteroatoms. The van der Waals surface area contributed by atoms with E-state index in [-0.39, 0.29) is 12.1 Å². The topological polar surface area (TPSA) is 89.5 Å². The number of nitriles is 1. The molecule has 0 aliphatic carbocycles. The molecule has 29 heavy (non-hydrogen) atoms. The lowest BCUT2D eigenvalue weighted by molar-refractivity contribution is 0.00631. The molecular weight excluding hydrogens is 364 g/mol. The van der Waals surface area contributed by atoms with Crippen molar-refractivity contribution in [3.8, 4) is 6.07 Å². The molecule has 2 atom stereocenters. The maximum Gasteiger partial charge on any atom is 0.116 e. The first-order valence-electron chi connectivity index (χ1n) is 9.79. The lowest BCUT2D eigenvalue weighted by atomic mass is 10.0. The number of rotatable bonds is 3. The van der Waals surface area contributed by atoms with Crippen LogP contribution in [-0.4, -0.2) is 37.2 Å². The van der Waals surface area contributed by atoms with Gasteiger partial charge in [0, 0.05) is 43.0 Å². The van der Waals surface area contributed by atoms with Gasteiger partial charge in [-0.2, -0.15) is 5.26 Å². The van der Waals surface area contributed by atoms with Crippen LogP contribution in [0.25, 0.3) is 21.9 Å². The highest BCUT2D eigenvalue weighted by atomic mass is 16.5. The number of nitrogens with zero attached hydrogens (tertiary/aromatic N) is 6. The maximum atomic E-state index is 9.40. The Balaban J connectivity index is 1.76. The molecular formula is C22H20N6O. The minimum absolute atomic E-state index is 0.193. The third-order valence-corrected chi connectivity index (χ3v) is 5.50. The summed E-state index contributed by atoms with van der Waals surface area (Å²) in [6, 6.07) is 8.13. The summed E-state index contributed by atoms with van der Waals surface area (Å²) < 4.78 is 8.12. The molecule has 5 rings (SSSR count). The van der Waals surface area contributed by atoms with Gasteiger partial charge in [0.05, 0.1) is 40.7 Å². The van der Waals surface area contributed by atoms with Crippen LogP contribution in [-0.2, 0) is 11.2 Å². The fraction of sp³-hybridized carbons (Fsp3) is 0.318. The van der Waals surface area contributed by atoms with E-state index in [4.69, 9.17) is 9.72 Å². The van der Waals surface area contributed by atoms with Crippen LogP contribution in [0.1, 0.15) is 42.9 Å². The Morgan fingerprint density at radius 1 is 1.21 bits per heavy atom. The number of pyridine rings is 1. The first-order valence-corrected chi connectivity index (χ1v) is 9.79. The number of imidazole rings is 1. The van der Waals surface area contributed by atoms with E-state index in [0.717, 1.165) is 52.9 Å². The minimum atomic E-state index is 0.193. The molecule has 1 saturated heterocycles. The summed E-state index contributed by atoms with van der Waals surface area (Å²) in [5.74, 6) is 0.941. The number of benzene rings is 1. The molecule has 4 aromatic rings. The van der Waals surface area contributed by atoms with Gasteiger partial charge in [-0.3, -0.25) is 15.0 Å². The summed E-state index contributed by atoms with van der Waals surface area (Å²) in [5, 5.41) is 10.4. The van der Waals surface area contributed by atoms with Crippen LogP contribution in [0.2, 0.25) is 0 Å². The SMILES string of the molecule is C[C@@H]1C[C@H](n2c(Cc3cnccn3)nc3cnc4ccc(C#N)cc4c32)CCO1. The smallest absolute Gasteiger partial charge is 0.116 e. The van der Waals surface area contributed by atoms with E-state index in [1.807, 2.05) is 18.3 Å². The van der Waals surface area contributed by atoms with E-state index < -0.39 is 0 Å². The quantitative estimate of drug-likeness (QED) is 0.536. The van der Waals surface area contributed by atoms with Crippen molar-refractivity contribution in [1.29, 1.82) is 5.26 Å². The number of ether oxygens (including phenoxy) is 1. The zero-order valence-electron chi connectivity index (χ0n) is 16.1. The van der Waals surface area contributed by atoms with E-state index in [2.05, 4.69) is 32.5 Å². The highest BCUT2D eigenvalue weighted by Gasteiger charge is 2.26. The molecule has 0 N–H and O–H groups in total. The van der Waals surface area contributed by atoms with Crippen molar-refractivity contribution in [1.82, 2.24) is 24.5 Å². The summed E-state index contributed by atoms with van der Waals surface area (Å²) in [6.45, 7) is 2.84. The van der Waals surface area contributed by atoms with Gasteiger partial charge in [-0.25, -0.2) is 4.98 Å². The molecule has 1 aromatic carbocycles. The average Bonchev–Trinajstić information content (AvgIpc) is 3.12. The predicted molar refractivity (Wildman–Crippen MR) is 108 cm³/mol. The first kappa shape index (κ1) is 17.7. The van der Waals surface area contributed by atoms with Crippen LogP contribution >= 0.6 is 0 Å². The first-order chi connectivity index (χ1) is 14.2. The summed E-state index contributed by atoms with van der Waals surface area (Å²) >= 11 is 0. The monoisotopic (exact) mass is 384 g/mol. The van der Waals surface area contributed by atoms with E-state index in [9.17, 15) is 5.26 Å². The summed E-state index contributed by atoms with van der Waals surface area (Å²) in [7, 11) is 0. The number of aromatic nitrogens is 5. The molecule has 7 nitrogen and oxygen atoms in total. The fourth-order valence-corrected chi connectivity index (χ4v) is 4.20. The largest absolute Gasteiger partial charge is 0.378 e. The Kier molecular flexibility index (Phi) is 4.41. The van der Waals surface area contributed by atoms with Crippen molar-refractivity contribution >= 4 is 21.9 Å². The highest BCUT2D eigenvalue weighted by molar-refractivity contribution is 6.02. The minimum Gasteiger partial charge on any atom is -0.378 e. The third kappa shape index (κ3) is 3.22. The molecule has 0 spiro atoms. The Hall–Kier alpha value is -3.37. The van der Waals surface area contributed by atoms with Crippen molar-refractivity contribution in [3.05, 3.63) is 60.1 Å². The van der Waals surface area contributed by atoms with E-state index in [0.29, 0.717) is 12.0 Å². The number of hydrogen-bond donors (Lipinski definition) is 0. The zero-order valence-corrected chi connectivity index (χ0v) is 16.1. The van der Waals surface area contributed by atoms with Crippen LogP contribution in [0, 0.1) is 11.3 Å². The second-order valence-electron chi connectivity index (χ2n) is 7.47. The standard InChI is InChI=1S/C22H20N6O/c1-14-8-17(4-7-29-14)28-21(10-16-12-24-5-6-25-16)27-20-13-26-19-3-2-15(11-23)9-18(19)22(20)28/h2-3,5-6,9,12-14,17H,4,7-8,10H2,1H3/t14-,17-/m1/s1. The van der Waals surface area contributed by atoms with Gasteiger partial charge in [-0.1, -0.05) is 0 Å². The lowest BCUT2D eigenvalue weighted by Crippen LogP contribution is -2.26. The Morgan fingerprint density at radius 2 is 2.14 bits per heavy atom. The molecule has 0 unspecified atom stereocenters. The highest BCUT2D eigenvalue weighted by Crippen LogP contribution is 2.34. The molecule has 0 radical (unpaired) electrons. The van der Waals surface area contributed by atoms with Crippen molar-refractivity contribution in [2.45, 2.75) is 38.3 Å². The van der Waals surface area contributed by atoms with Crippen LogP contribution < -0.4 is 0 Å². The van der Waals surface area contributed by atoms with E-state index in [1.54, 1.807) is 24.7 Å². The average molecular weight is 384 g/mol. The van der Waals surface area contributed by atoms with Gasteiger partial charge in [-0.15, -0.1) is 0 Å². The van der Waals surface area contributed by atoms with Crippen LogP contribution in [0.15, 0.2) is 43.0 Å². The maximum absolute atomic E-state index is 9.40. The van der Waals surface area contributed by atoms with Crippen molar-refractivity contribution in [3.63, 3.8) is 0 Å². The normalized spacial score (nSPS) is 19.4. The van der Waals surface area contributed by atoms with Gasteiger partial charge in [0.15, 0.2) is 0 Å². The van der Waals surface area contributed by atoms with Crippen molar-refractivity contribution in [2.24, 2.45) is 0 Å². The van der Waals surface area contributed by atoms with Gasteiger partial charge in [0.2, 0.25) is 0 Å². The van der Waals surface area contributed by atoms with Gasteiger partial charge >= 0.3 is 0 Å². The molecule has 144 valence electrons. The number of fused-ring (bicyclic) bond motifs is 3. The number of hydrogen-bond acceptors (Lipinski definition) is 6. The second-order valence-corrected chi connectivity index (χ2v) is 7.47. The van der Waals surface area contributed by atoms with E-state index in [1.165, 1.54) is 0 Å². The molecule has 0 saturated carbocycles. The Labute approximate surface area is 168 Å². The molecule has 1 aliphatic rings.